The second kappa shape index (κ2) is 40.9. The van der Waals surface area contributed by atoms with Crippen molar-refractivity contribution >= 4 is 88.0 Å². The van der Waals surface area contributed by atoms with Crippen molar-refractivity contribution in [1.82, 2.24) is 60.6 Å². The van der Waals surface area contributed by atoms with Crippen molar-refractivity contribution in [2.24, 2.45) is 99.1 Å². The minimum absolute atomic E-state index is 0. The molecule has 19 rings (SSSR count). The molecular weight excluding hydrogens is 1940 g/mol. The minimum Gasteiger partial charge on any atom is -0.540 e. The SMILES string of the molecule is COc1ccc2nc3c(nc2c1)O[C@H]1CN(C(=O)[C@H](C(C)(C)C)NC(=O)O[C@@H]2CC4CC4[C@H]2CCC2CC2C3(F)F)[C@H]([C-]=O)[C@@H]1C.COc1ccc2nc3c(nc2c1)O[C@H]1CN(C(=O)[C@H](C(C)(C)C)NC(=O)O[C@@H]2CCC[C@H]2CCC2CC2C3(F)F)[C@H]([C-]=O)[C@@H]1C.COc1ccc2nc3c(nc2c1)O[C@H]1CN(C(=O)[C@H](C(C)(C)C)NC(=O)O[C@]2(C)CCC[C@H]2CCC2CC2C3(F)F)[C@H]([C-]=O)[C@@H]1C.[V].[V].[V]. The summed E-state index contributed by atoms with van der Waals surface area (Å²) in [6, 6.07) is 8.32. The fourth-order valence-electron chi connectivity index (χ4n) is 23.1. The number of aromatic nitrogens is 6. The second-order valence-electron chi connectivity index (χ2n) is 44.1. The average Bonchev–Trinajstić information content (AvgIpc) is 1.59. The molecule has 3 aromatic carbocycles. The third-order valence-electron chi connectivity index (χ3n) is 31.9. The van der Waals surface area contributed by atoms with Crippen LogP contribution in [0.3, 0.4) is 0 Å². The summed E-state index contributed by atoms with van der Waals surface area (Å²) in [5, 5.41) is 8.41. The van der Waals surface area contributed by atoms with E-state index in [2.05, 4.69) is 45.9 Å². The van der Waals surface area contributed by atoms with Gasteiger partial charge < -0.3 is 87.7 Å². The molecule has 140 heavy (non-hydrogen) atoms. The Balaban J connectivity index is 0.000000165. The first-order valence-electron chi connectivity index (χ1n) is 48.5. The van der Waals surface area contributed by atoms with Crippen LogP contribution < -0.4 is 44.4 Å². The van der Waals surface area contributed by atoms with E-state index in [1.54, 1.807) is 75.4 Å². The molecule has 0 spiro atoms. The Labute approximate surface area is 846 Å². The number of hydrogen-bond donors (Lipinski definition) is 3. The molecule has 6 aliphatic heterocycles. The molecule has 3 saturated heterocycles. The molecule has 39 heteroatoms. The van der Waals surface area contributed by atoms with Crippen molar-refractivity contribution in [3.8, 4) is 34.9 Å². The zero-order valence-corrected chi connectivity index (χ0v) is 85.9. The molecule has 3 N–H and O–H groups in total. The van der Waals surface area contributed by atoms with Crippen molar-refractivity contribution < 1.29 is 168 Å². The Morgan fingerprint density at radius 1 is 0.386 bits per heavy atom. The summed E-state index contributed by atoms with van der Waals surface area (Å²) in [5.74, 6) is -15.3. The van der Waals surface area contributed by atoms with Crippen LogP contribution in [-0.2, 0) is 116 Å². The Morgan fingerprint density at radius 3 is 1.10 bits per heavy atom. The number of alkyl halides is 6. The topological polar surface area (TPSA) is 360 Å². The number of hydrogen-bond acceptors (Lipinski definition) is 24. The molecule has 10 fully saturated rings. The van der Waals surface area contributed by atoms with E-state index in [0.29, 0.717) is 116 Å². The number of halogens is 6. The maximum atomic E-state index is 16.5. The van der Waals surface area contributed by atoms with Gasteiger partial charge >= 0.3 is 18.3 Å². The van der Waals surface area contributed by atoms with Crippen molar-refractivity contribution in [2.75, 3.05) is 41.0 Å². The summed E-state index contributed by atoms with van der Waals surface area (Å²) >= 11 is 0. The smallest absolute Gasteiger partial charge is 0.408 e. The van der Waals surface area contributed by atoms with Gasteiger partial charge in [0.05, 0.1) is 74.1 Å². The van der Waals surface area contributed by atoms with E-state index >= 15 is 26.3 Å². The van der Waals surface area contributed by atoms with Gasteiger partial charge in [-0.15, -0.1) is 0 Å². The third kappa shape index (κ3) is 21.3. The van der Waals surface area contributed by atoms with Crippen LogP contribution in [0, 0.1) is 99.1 Å². The van der Waals surface area contributed by atoms with Crippen molar-refractivity contribution in [2.45, 2.75) is 289 Å². The average molecular weight is 2060 g/mol. The minimum atomic E-state index is -3.34. The van der Waals surface area contributed by atoms with E-state index in [1.807, 2.05) is 88.1 Å². The molecule has 757 valence electrons. The van der Waals surface area contributed by atoms with Crippen molar-refractivity contribution in [3.63, 3.8) is 0 Å². The predicted molar refractivity (Wildman–Crippen MR) is 486 cm³/mol. The molecule has 3 radical (unpaired) electrons. The van der Waals surface area contributed by atoms with Crippen LogP contribution in [0.2, 0.25) is 0 Å². The van der Waals surface area contributed by atoms with Gasteiger partial charge in [-0.25, -0.2) is 63.1 Å². The van der Waals surface area contributed by atoms with E-state index in [0.717, 1.165) is 38.5 Å². The predicted octanol–water partition coefficient (Wildman–Crippen LogP) is 15.8. The largest absolute Gasteiger partial charge is 0.540 e. The third-order valence-corrected chi connectivity index (χ3v) is 31.9. The van der Waals surface area contributed by atoms with Crippen LogP contribution in [0.5, 0.6) is 34.9 Å². The second-order valence-corrected chi connectivity index (χ2v) is 44.1. The molecule has 9 heterocycles. The molecule has 13 aliphatic rings. The quantitative estimate of drug-likeness (QED) is 0.0792. The molecule has 6 bridgehead atoms. The number of fused-ring (bicyclic) bond motifs is 20. The summed E-state index contributed by atoms with van der Waals surface area (Å²) in [7, 11) is 4.49. The van der Waals surface area contributed by atoms with Crippen molar-refractivity contribution in [1.29, 1.82) is 0 Å². The van der Waals surface area contributed by atoms with Crippen LogP contribution in [0.4, 0.5) is 40.7 Å². The normalized spacial score (nSPS) is 34.2. The van der Waals surface area contributed by atoms with Crippen LogP contribution in [0.1, 0.15) is 216 Å². The standard InChI is InChI=1S/C34H41F2N4O6.C34H43F2N4O6.C33H41F2N4O6.3V/c1-16-25(15-41)40-14-27(16)45-30-28(37-23-9-7-19(44-5)13-24(23)38-30)34(35,36)22-11-17(22)6-8-20-21-10-18(21)12-26(20)46-32(43)39-29(31(40)42)33(2,3)4;1-18-25(17-41)40-16-26(18)45-29-27(37-23-12-11-21(44-6)15-24(23)38-29)34(35,36)22-14-19(22)9-10-20-8-7-13-33(20,5)46-31(43)39-28(30(40)42)32(2,3)4;1-17-24(16-40)39-15-26(17)44-29-27(36-22-12-11-20(43-5)14-23(22)37-29)33(34,35)21-13-19(21)10-9-18-7-6-8-25(18)45-31(42)38-28(30(39)41)32(2,3)4;;;/h7,9,13,16-18,20-22,25-27,29H,6,8,10-12,14H2,1-5H3,(H,39,43);11-12,15,18-20,22,25-26,28H,7-10,13-14,16H2,1-6H3,(H,39,43);11-12,14,17-19,21,24-26,28H,6-10,13,15H2,1-5H3,(H,38,42);;;/q3*-1;;;/t16-,17?,18?,20+,21?,22?,25+,26+,27-,29+;18-,19?,20-,22?,25+,26-,28+,33+;17-,18-,19?,21?,24+,25+,26-,28+;;;/m000.../s1. The summed E-state index contributed by atoms with van der Waals surface area (Å²) < 4.78 is 151. The first-order chi connectivity index (χ1) is 64.8. The molecular formula is C101H125F6N12O18V3-3. The van der Waals surface area contributed by atoms with Gasteiger partial charge in [-0.05, 0) is 234 Å². The molecule has 7 saturated carbocycles. The number of rotatable bonds is 6. The Kier molecular flexibility index (Phi) is 31.2. The number of methoxy groups -OCH3 is 3. The van der Waals surface area contributed by atoms with E-state index < -0.39 is 183 Å². The molecule has 6 amide bonds. The van der Waals surface area contributed by atoms with E-state index in [-0.39, 0.29) is 157 Å². The first-order valence-corrected chi connectivity index (χ1v) is 48.5. The molecule has 7 aliphatic carbocycles. The van der Waals surface area contributed by atoms with E-state index in [9.17, 15) is 43.2 Å². The molecule has 8 unspecified atom stereocenters. The Hall–Kier alpha value is -8.96. The van der Waals surface area contributed by atoms with Crippen LogP contribution in [-0.4, -0.2) is 213 Å². The van der Waals surface area contributed by atoms with Gasteiger partial charge in [-0.2, -0.15) is 26.3 Å². The van der Waals surface area contributed by atoms with Gasteiger partial charge in [0.2, 0.25) is 35.4 Å². The van der Waals surface area contributed by atoms with Gasteiger partial charge in [0.25, 0.3) is 17.8 Å². The number of alkyl carbamates (subject to hydrolysis) is 3. The van der Waals surface area contributed by atoms with Gasteiger partial charge in [-0.3, -0.25) is 14.4 Å². The summed E-state index contributed by atoms with van der Waals surface area (Å²) in [6.45, 7) is 23.1. The fourth-order valence-corrected chi connectivity index (χ4v) is 23.1. The molecule has 26 atom stereocenters. The zero-order valence-electron chi connectivity index (χ0n) is 81.8. The fraction of sp³-hybridized carbons (Fsp3) is 0.673. The maximum Gasteiger partial charge on any atom is 0.408 e. The number of carbonyl (C=O) groups is 6. The number of amides is 6. The van der Waals surface area contributed by atoms with E-state index in [1.165, 1.54) is 36.0 Å². The monoisotopic (exact) mass is 2060 g/mol. The number of carbonyl (C=O) groups excluding carboxylic acids is 9. The Bertz CT molecular complexity index is 5540. The van der Waals surface area contributed by atoms with Crippen LogP contribution in [0.15, 0.2) is 54.6 Å². The summed E-state index contributed by atoms with van der Waals surface area (Å²) in [6.07, 6.45) is 11.7. The number of benzene rings is 3. The zero-order chi connectivity index (χ0) is 98.1. The van der Waals surface area contributed by atoms with E-state index in [4.69, 9.17) is 42.6 Å². The van der Waals surface area contributed by atoms with Crippen LogP contribution >= 0.6 is 0 Å². The Morgan fingerprint density at radius 2 is 0.736 bits per heavy atom. The van der Waals surface area contributed by atoms with Crippen molar-refractivity contribution in [3.05, 3.63) is 71.7 Å². The number of nitrogens with zero attached hydrogens (tertiary/aromatic N) is 9. The molecule has 3 aromatic heterocycles. The maximum absolute atomic E-state index is 16.5. The first kappa shape index (κ1) is 107. The molecule has 30 nitrogen and oxygen atoms in total. The number of ether oxygens (including phenoxy) is 9. The van der Waals surface area contributed by atoms with Gasteiger partial charge in [0.15, 0.2) is 17.1 Å². The van der Waals surface area contributed by atoms with Gasteiger partial charge in [0, 0.05) is 91.6 Å². The number of nitrogens with one attached hydrogen (secondary N) is 3. The van der Waals surface area contributed by atoms with Gasteiger partial charge in [-0.1, -0.05) is 101 Å². The van der Waals surface area contributed by atoms with Gasteiger partial charge in [0.1, 0.15) is 71.5 Å². The summed E-state index contributed by atoms with van der Waals surface area (Å²) in [4.78, 5) is 150. The van der Waals surface area contributed by atoms with Crippen LogP contribution in [0.25, 0.3) is 33.1 Å². The summed E-state index contributed by atoms with van der Waals surface area (Å²) in [5.41, 5.74) is -2.83. The molecule has 6 aromatic rings.